The van der Waals surface area contributed by atoms with E-state index >= 15 is 0 Å². The number of hydrogen-bond donors (Lipinski definition) is 2. The maximum atomic E-state index is 13.1. The van der Waals surface area contributed by atoms with Crippen molar-refractivity contribution in [3.8, 4) is 5.75 Å². The lowest BCUT2D eigenvalue weighted by Crippen LogP contribution is -2.35. The van der Waals surface area contributed by atoms with Crippen LogP contribution < -0.4 is 10.1 Å². The van der Waals surface area contributed by atoms with Gasteiger partial charge in [-0.05, 0) is 12.1 Å². The molecule has 1 atom stereocenters. The van der Waals surface area contributed by atoms with Gasteiger partial charge in [0, 0.05) is 18.7 Å². The highest BCUT2D eigenvalue weighted by Gasteiger charge is 2.07. The highest BCUT2D eigenvalue weighted by Crippen LogP contribution is 2.20. The van der Waals surface area contributed by atoms with Crippen LogP contribution in [0.5, 0.6) is 5.75 Å². The lowest BCUT2D eigenvalue weighted by Gasteiger charge is -2.15. The number of nitrogens with one attached hydrogen (secondary N) is 1. The Morgan fingerprint density at radius 1 is 1.47 bits per heavy atom. The summed E-state index contributed by atoms with van der Waals surface area (Å²) in [5.41, 5.74) is 0. The lowest BCUT2D eigenvalue weighted by molar-refractivity contribution is 0.104. The molecule has 0 amide bonds. The molecule has 0 aliphatic rings. The molecule has 5 heteroatoms. The third-order valence-corrected chi connectivity index (χ3v) is 2.40. The van der Waals surface area contributed by atoms with Crippen molar-refractivity contribution in [3.63, 3.8) is 0 Å². The van der Waals surface area contributed by atoms with Gasteiger partial charge in [0.15, 0.2) is 0 Å². The number of halogens is 2. The fourth-order valence-electron chi connectivity index (χ4n) is 1.19. The van der Waals surface area contributed by atoms with E-state index in [0.29, 0.717) is 18.3 Å². The molecule has 0 aliphatic heterocycles. The highest BCUT2D eigenvalue weighted by molar-refractivity contribution is 6.30. The van der Waals surface area contributed by atoms with Crippen LogP contribution >= 0.6 is 11.6 Å². The maximum absolute atomic E-state index is 13.1. The van der Waals surface area contributed by atoms with Gasteiger partial charge >= 0.3 is 0 Å². The molecular weight excluding hydrogens is 245 g/mol. The minimum absolute atomic E-state index is 0.0550. The summed E-state index contributed by atoms with van der Waals surface area (Å²) in [6, 6.07) is 4.49. The predicted octanol–water partition coefficient (Wildman–Crippen LogP) is 2.22. The molecule has 0 aromatic heterocycles. The molecule has 1 rings (SSSR count). The minimum Gasteiger partial charge on any atom is -0.491 e. The van der Waals surface area contributed by atoms with Crippen LogP contribution in [-0.4, -0.2) is 30.4 Å². The Balaban J connectivity index is 2.36. The van der Waals surface area contributed by atoms with Crippen LogP contribution in [0.3, 0.4) is 0 Å². The largest absolute Gasteiger partial charge is 0.491 e. The van der Waals surface area contributed by atoms with E-state index in [0.717, 1.165) is 0 Å². The molecule has 0 saturated heterocycles. The van der Waals surface area contributed by atoms with E-state index in [4.69, 9.17) is 16.3 Å². The van der Waals surface area contributed by atoms with Gasteiger partial charge in [0.1, 0.15) is 24.3 Å². The predicted molar refractivity (Wildman–Crippen MR) is 66.1 cm³/mol. The van der Waals surface area contributed by atoms with Crippen LogP contribution in [0.4, 0.5) is 4.39 Å². The van der Waals surface area contributed by atoms with Crippen molar-refractivity contribution < 1.29 is 14.2 Å². The Bertz CT molecular complexity index is 360. The second kappa shape index (κ2) is 6.79. The van der Waals surface area contributed by atoms with Crippen molar-refractivity contribution in [3.05, 3.63) is 29.0 Å². The summed E-state index contributed by atoms with van der Waals surface area (Å²) in [6.07, 6.45) is -0.629. The lowest BCUT2D eigenvalue weighted by atomic mass is 10.3. The molecule has 0 fully saturated rings. The van der Waals surface area contributed by atoms with Gasteiger partial charge in [0.25, 0.3) is 0 Å². The Hall–Kier alpha value is -0.840. The van der Waals surface area contributed by atoms with Crippen molar-refractivity contribution in [2.24, 2.45) is 0 Å². The van der Waals surface area contributed by atoms with Crippen LogP contribution in [0.2, 0.25) is 5.02 Å². The van der Waals surface area contributed by atoms with E-state index in [1.807, 2.05) is 13.8 Å². The summed E-state index contributed by atoms with van der Waals surface area (Å²) < 4.78 is 18.3. The number of rotatable bonds is 6. The van der Waals surface area contributed by atoms with E-state index in [9.17, 15) is 9.50 Å². The van der Waals surface area contributed by atoms with Gasteiger partial charge in [0.05, 0.1) is 5.02 Å². The molecule has 96 valence electrons. The second-order valence-electron chi connectivity index (χ2n) is 4.10. The maximum Gasteiger partial charge on any atom is 0.145 e. The van der Waals surface area contributed by atoms with E-state index in [2.05, 4.69) is 5.32 Å². The average molecular weight is 262 g/mol. The molecule has 3 nitrogen and oxygen atoms in total. The van der Waals surface area contributed by atoms with Gasteiger partial charge in [-0.25, -0.2) is 4.39 Å². The molecule has 0 aliphatic carbocycles. The summed E-state index contributed by atoms with van der Waals surface area (Å²) in [5, 5.41) is 12.7. The number of benzene rings is 1. The minimum atomic E-state index is -0.629. The second-order valence-corrected chi connectivity index (χ2v) is 4.51. The number of aliphatic hydroxyl groups is 1. The third-order valence-electron chi connectivity index (χ3n) is 2.10. The number of hydrogen-bond acceptors (Lipinski definition) is 3. The van der Waals surface area contributed by atoms with Crippen molar-refractivity contribution in [2.45, 2.75) is 26.0 Å². The van der Waals surface area contributed by atoms with Gasteiger partial charge in [-0.3, -0.25) is 0 Å². The Labute approximate surface area is 106 Å². The molecule has 1 unspecified atom stereocenters. The third kappa shape index (κ3) is 5.35. The molecule has 0 spiro atoms. The first-order chi connectivity index (χ1) is 7.99. The first-order valence-corrected chi connectivity index (χ1v) is 5.86. The Morgan fingerprint density at radius 3 is 2.76 bits per heavy atom. The molecule has 17 heavy (non-hydrogen) atoms. The molecule has 0 saturated carbocycles. The van der Waals surface area contributed by atoms with Gasteiger partial charge < -0.3 is 15.2 Å². The zero-order valence-corrected chi connectivity index (χ0v) is 10.7. The van der Waals surface area contributed by atoms with Crippen LogP contribution in [0.15, 0.2) is 18.2 Å². The number of ether oxygens (including phenoxy) is 1. The molecule has 0 radical (unpaired) electrons. The van der Waals surface area contributed by atoms with Crippen LogP contribution in [-0.2, 0) is 0 Å². The van der Waals surface area contributed by atoms with Gasteiger partial charge in [-0.1, -0.05) is 25.4 Å². The average Bonchev–Trinajstić information content (AvgIpc) is 2.28. The first kappa shape index (κ1) is 14.2. The molecule has 1 aromatic carbocycles. The number of aliphatic hydroxyl groups excluding tert-OH is 1. The summed E-state index contributed by atoms with van der Waals surface area (Å²) in [7, 11) is 0. The molecule has 0 bridgehead atoms. The highest BCUT2D eigenvalue weighted by atomic mass is 35.5. The summed E-state index contributed by atoms with van der Waals surface area (Å²) >= 11 is 5.54. The zero-order chi connectivity index (χ0) is 12.8. The van der Waals surface area contributed by atoms with Gasteiger partial charge in [-0.2, -0.15) is 0 Å². The van der Waals surface area contributed by atoms with Crippen molar-refractivity contribution >= 4 is 11.6 Å². The normalized spacial score (nSPS) is 12.8. The van der Waals surface area contributed by atoms with Gasteiger partial charge in [0.2, 0.25) is 0 Å². The monoisotopic (exact) mass is 261 g/mol. The molecule has 2 N–H and O–H groups in total. The standard InChI is InChI=1S/C12H17ClFNO2/c1-8(2)15-6-9(16)7-17-10-3-4-11(13)12(14)5-10/h3-5,8-9,15-16H,6-7H2,1-2H3. The summed E-state index contributed by atoms with van der Waals surface area (Å²) in [5.74, 6) is -0.172. The van der Waals surface area contributed by atoms with E-state index in [1.54, 1.807) is 6.07 Å². The van der Waals surface area contributed by atoms with Crippen LogP contribution in [0.1, 0.15) is 13.8 Å². The van der Waals surface area contributed by atoms with E-state index in [-0.39, 0.29) is 11.6 Å². The quantitative estimate of drug-likeness (QED) is 0.825. The van der Waals surface area contributed by atoms with E-state index in [1.165, 1.54) is 12.1 Å². The molecule has 1 aromatic rings. The van der Waals surface area contributed by atoms with Gasteiger partial charge in [-0.15, -0.1) is 0 Å². The molecule has 0 heterocycles. The SMILES string of the molecule is CC(C)NCC(O)COc1ccc(Cl)c(F)c1. The van der Waals surface area contributed by atoms with Crippen LogP contribution in [0, 0.1) is 5.82 Å². The molecular formula is C12H17ClFNO2. The van der Waals surface area contributed by atoms with E-state index < -0.39 is 11.9 Å². The Morgan fingerprint density at radius 2 is 2.18 bits per heavy atom. The van der Waals surface area contributed by atoms with Crippen molar-refractivity contribution in [1.29, 1.82) is 0 Å². The fraction of sp³-hybridized carbons (Fsp3) is 0.500. The summed E-state index contributed by atoms with van der Waals surface area (Å²) in [4.78, 5) is 0. The Kier molecular flexibility index (Phi) is 5.68. The van der Waals surface area contributed by atoms with Crippen molar-refractivity contribution in [1.82, 2.24) is 5.32 Å². The van der Waals surface area contributed by atoms with Crippen molar-refractivity contribution in [2.75, 3.05) is 13.2 Å². The topological polar surface area (TPSA) is 41.5 Å². The fourth-order valence-corrected chi connectivity index (χ4v) is 1.31. The smallest absolute Gasteiger partial charge is 0.145 e. The zero-order valence-electron chi connectivity index (χ0n) is 9.91. The first-order valence-electron chi connectivity index (χ1n) is 5.48. The van der Waals surface area contributed by atoms with Crippen LogP contribution in [0.25, 0.3) is 0 Å². The summed E-state index contributed by atoms with van der Waals surface area (Å²) in [6.45, 7) is 4.53.